The zero-order chi connectivity index (χ0) is 10.4. The number of hydrogen-bond donors (Lipinski definition) is 0. The molecule has 0 amide bonds. The fourth-order valence-electron chi connectivity index (χ4n) is 1.11. The number of rotatable bonds is 1. The molecular weight excluding hydrogens is 160 g/mol. The van der Waals surface area contributed by atoms with Crippen molar-refractivity contribution in [2.75, 3.05) is 7.11 Å². The van der Waals surface area contributed by atoms with Gasteiger partial charge in [-0.2, -0.15) is 0 Å². The van der Waals surface area contributed by atoms with Crippen molar-refractivity contribution in [3.05, 3.63) is 28.8 Å². The summed E-state index contributed by atoms with van der Waals surface area (Å²) in [5.41, 5.74) is 3.94. The molecule has 1 aromatic rings. The molecule has 0 aromatic heterocycles. The molecule has 0 bridgehead atoms. The summed E-state index contributed by atoms with van der Waals surface area (Å²) in [5.74, 6) is 0.950. The Kier molecular flexibility index (Phi) is 5.20. The minimum Gasteiger partial charge on any atom is -0.497 e. The Morgan fingerprint density at radius 3 is 1.62 bits per heavy atom. The predicted molar refractivity (Wildman–Crippen MR) is 58.6 cm³/mol. The van der Waals surface area contributed by atoms with Crippen molar-refractivity contribution >= 4 is 0 Å². The molecule has 1 aromatic carbocycles. The molecule has 0 aliphatic carbocycles. The molecule has 0 aliphatic heterocycles. The van der Waals surface area contributed by atoms with Crippen LogP contribution < -0.4 is 4.74 Å². The standard InChI is InChI=1S/C10H14O.C2H6/c1-7-5-10(11-4)6-8(2)9(7)3;1-2/h5-6H,1-4H3;1-2H3. The lowest BCUT2D eigenvalue weighted by molar-refractivity contribution is 0.414. The first-order valence-corrected chi connectivity index (χ1v) is 4.77. The fourth-order valence-corrected chi connectivity index (χ4v) is 1.11. The second-order valence-electron chi connectivity index (χ2n) is 2.89. The smallest absolute Gasteiger partial charge is 0.119 e. The summed E-state index contributed by atoms with van der Waals surface area (Å²) in [6, 6.07) is 4.12. The maximum Gasteiger partial charge on any atom is 0.119 e. The molecule has 13 heavy (non-hydrogen) atoms. The first-order valence-electron chi connectivity index (χ1n) is 4.77. The van der Waals surface area contributed by atoms with Gasteiger partial charge in [0.25, 0.3) is 0 Å². The van der Waals surface area contributed by atoms with Gasteiger partial charge in [0.15, 0.2) is 0 Å². The molecule has 0 saturated carbocycles. The number of ether oxygens (including phenoxy) is 1. The third-order valence-electron chi connectivity index (χ3n) is 2.14. The van der Waals surface area contributed by atoms with Crippen molar-refractivity contribution in [2.24, 2.45) is 0 Å². The molecule has 0 N–H and O–H groups in total. The van der Waals surface area contributed by atoms with Crippen LogP contribution in [0.1, 0.15) is 30.5 Å². The van der Waals surface area contributed by atoms with E-state index in [0.717, 1.165) is 5.75 Å². The fraction of sp³-hybridized carbons (Fsp3) is 0.500. The van der Waals surface area contributed by atoms with Gasteiger partial charge in [0.05, 0.1) is 7.11 Å². The maximum absolute atomic E-state index is 5.13. The van der Waals surface area contributed by atoms with E-state index in [1.807, 2.05) is 13.8 Å². The molecule has 0 aliphatic rings. The second-order valence-corrected chi connectivity index (χ2v) is 2.89. The molecule has 1 heteroatoms. The molecule has 1 nitrogen and oxygen atoms in total. The molecule has 0 spiro atoms. The van der Waals surface area contributed by atoms with Crippen LogP contribution in [0, 0.1) is 20.8 Å². The van der Waals surface area contributed by atoms with Crippen LogP contribution in [0.4, 0.5) is 0 Å². The van der Waals surface area contributed by atoms with Crippen molar-refractivity contribution in [2.45, 2.75) is 34.6 Å². The third kappa shape index (κ3) is 3.10. The van der Waals surface area contributed by atoms with Crippen molar-refractivity contribution in [1.29, 1.82) is 0 Å². The van der Waals surface area contributed by atoms with Crippen LogP contribution in [-0.4, -0.2) is 7.11 Å². The summed E-state index contributed by atoms with van der Waals surface area (Å²) >= 11 is 0. The maximum atomic E-state index is 5.13. The Bertz CT molecular complexity index is 241. The van der Waals surface area contributed by atoms with Gasteiger partial charge in [-0.15, -0.1) is 0 Å². The van der Waals surface area contributed by atoms with Crippen molar-refractivity contribution in [1.82, 2.24) is 0 Å². The molecule has 0 fully saturated rings. The second kappa shape index (κ2) is 5.63. The Morgan fingerprint density at radius 1 is 0.923 bits per heavy atom. The zero-order valence-corrected chi connectivity index (χ0v) is 9.56. The van der Waals surface area contributed by atoms with Crippen LogP contribution in [0.2, 0.25) is 0 Å². The van der Waals surface area contributed by atoms with E-state index < -0.39 is 0 Å². The lowest BCUT2D eigenvalue weighted by Crippen LogP contribution is -1.89. The molecule has 0 saturated heterocycles. The number of benzene rings is 1. The number of methoxy groups -OCH3 is 1. The highest BCUT2D eigenvalue weighted by Crippen LogP contribution is 2.20. The van der Waals surface area contributed by atoms with Crippen LogP contribution in [-0.2, 0) is 0 Å². The van der Waals surface area contributed by atoms with Gasteiger partial charge < -0.3 is 4.74 Å². The van der Waals surface area contributed by atoms with E-state index in [2.05, 4.69) is 32.9 Å². The van der Waals surface area contributed by atoms with Crippen LogP contribution in [0.25, 0.3) is 0 Å². The van der Waals surface area contributed by atoms with Crippen molar-refractivity contribution in [3.8, 4) is 5.75 Å². The topological polar surface area (TPSA) is 9.23 Å². The lowest BCUT2D eigenvalue weighted by Gasteiger charge is -2.07. The number of hydrogen-bond acceptors (Lipinski definition) is 1. The van der Waals surface area contributed by atoms with Crippen LogP contribution in [0.15, 0.2) is 12.1 Å². The summed E-state index contributed by atoms with van der Waals surface area (Å²) < 4.78 is 5.13. The first kappa shape index (κ1) is 12.0. The van der Waals surface area contributed by atoms with E-state index in [0.29, 0.717) is 0 Å². The molecule has 0 radical (unpaired) electrons. The quantitative estimate of drug-likeness (QED) is 0.641. The van der Waals surface area contributed by atoms with E-state index in [9.17, 15) is 0 Å². The molecule has 0 atom stereocenters. The van der Waals surface area contributed by atoms with Gasteiger partial charge in [-0.3, -0.25) is 0 Å². The van der Waals surface area contributed by atoms with E-state index >= 15 is 0 Å². The summed E-state index contributed by atoms with van der Waals surface area (Å²) in [5, 5.41) is 0. The molecular formula is C12H20O. The minimum atomic E-state index is 0.950. The van der Waals surface area contributed by atoms with Gasteiger partial charge >= 0.3 is 0 Å². The summed E-state index contributed by atoms with van der Waals surface area (Å²) in [4.78, 5) is 0. The highest BCUT2D eigenvalue weighted by molar-refractivity contribution is 5.39. The first-order chi connectivity index (χ1) is 6.15. The van der Waals surface area contributed by atoms with Gasteiger partial charge in [-0.25, -0.2) is 0 Å². The van der Waals surface area contributed by atoms with Crippen molar-refractivity contribution in [3.63, 3.8) is 0 Å². The highest BCUT2D eigenvalue weighted by Gasteiger charge is 1.99. The van der Waals surface area contributed by atoms with Crippen LogP contribution in [0.5, 0.6) is 5.75 Å². The van der Waals surface area contributed by atoms with E-state index in [-0.39, 0.29) is 0 Å². The molecule has 1 rings (SSSR count). The van der Waals surface area contributed by atoms with Crippen molar-refractivity contribution < 1.29 is 4.74 Å². The molecule has 0 heterocycles. The average molecular weight is 180 g/mol. The average Bonchev–Trinajstić information content (AvgIpc) is 2.16. The number of aryl methyl sites for hydroxylation is 2. The van der Waals surface area contributed by atoms with Gasteiger partial charge in [0.1, 0.15) is 5.75 Å². The third-order valence-corrected chi connectivity index (χ3v) is 2.14. The van der Waals surface area contributed by atoms with Gasteiger partial charge in [-0.05, 0) is 49.6 Å². The Morgan fingerprint density at radius 2 is 1.31 bits per heavy atom. The minimum absolute atomic E-state index is 0.950. The Balaban J connectivity index is 0.000000671. The van der Waals surface area contributed by atoms with E-state index in [1.54, 1.807) is 7.11 Å². The summed E-state index contributed by atoms with van der Waals surface area (Å²) in [7, 11) is 1.70. The zero-order valence-electron chi connectivity index (χ0n) is 9.56. The van der Waals surface area contributed by atoms with Crippen LogP contribution in [0.3, 0.4) is 0 Å². The Labute approximate surface area is 81.7 Å². The highest BCUT2D eigenvalue weighted by atomic mass is 16.5. The summed E-state index contributed by atoms with van der Waals surface area (Å²) in [6.07, 6.45) is 0. The van der Waals surface area contributed by atoms with Gasteiger partial charge in [0, 0.05) is 0 Å². The monoisotopic (exact) mass is 180 g/mol. The molecule has 74 valence electrons. The van der Waals surface area contributed by atoms with Gasteiger partial charge in [-0.1, -0.05) is 13.8 Å². The normalized spacial score (nSPS) is 8.77. The molecule has 0 unspecified atom stereocenters. The predicted octanol–water partition coefficient (Wildman–Crippen LogP) is 3.65. The van der Waals surface area contributed by atoms with E-state index in [4.69, 9.17) is 4.74 Å². The largest absolute Gasteiger partial charge is 0.497 e. The van der Waals surface area contributed by atoms with E-state index in [1.165, 1.54) is 16.7 Å². The lowest BCUT2D eigenvalue weighted by atomic mass is 10.0. The van der Waals surface area contributed by atoms with Gasteiger partial charge in [0.2, 0.25) is 0 Å². The SMILES string of the molecule is CC.COc1cc(C)c(C)c(C)c1. The Hall–Kier alpha value is -0.980. The van der Waals surface area contributed by atoms with Crippen LogP contribution >= 0.6 is 0 Å². The summed E-state index contributed by atoms with van der Waals surface area (Å²) in [6.45, 7) is 10.3.